The molecule has 0 saturated heterocycles. The summed E-state index contributed by atoms with van der Waals surface area (Å²) in [6.45, 7) is 0. The molecule has 0 aliphatic rings. The van der Waals surface area contributed by atoms with Gasteiger partial charge < -0.3 is 0 Å². The van der Waals surface area contributed by atoms with Crippen molar-refractivity contribution in [2.24, 2.45) is 0 Å². The lowest BCUT2D eigenvalue weighted by molar-refractivity contribution is -0.0495. The first kappa shape index (κ1) is 13.3. The van der Waals surface area contributed by atoms with Crippen molar-refractivity contribution in [3.63, 3.8) is 0 Å². The van der Waals surface area contributed by atoms with Crippen LogP contribution >= 0.6 is 0 Å². The van der Waals surface area contributed by atoms with Crippen molar-refractivity contribution in [3.8, 4) is 0 Å². The average Bonchev–Trinajstić information content (AvgIpc) is 2.16. The maximum Gasteiger partial charge on any atom is 0.527 e. The fourth-order valence-electron chi connectivity index (χ4n) is 0.824. The minimum Gasteiger partial charge on any atom is -0.185 e. The highest BCUT2D eigenvalue weighted by atomic mass is 32.3. The molecule has 0 aromatic heterocycles. The third-order valence-electron chi connectivity index (χ3n) is 1.55. The minimum absolute atomic E-state index is 0.385. The van der Waals surface area contributed by atoms with E-state index in [1.807, 2.05) is 0 Å². The molecule has 1 aromatic rings. The van der Waals surface area contributed by atoms with E-state index < -0.39 is 26.8 Å². The van der Waals surface area contributed by atoms with E-state index in [0.717, 1.165) is 0 Å². The van der Waals surface area contributed by atoms with Gasteiger partial charge in [0.15, 0.2) is 4.90 Å². The van der Waals surface area contributed by atoms with Crippen LogP contribution in [-0.4, -0.2) is 20.2 Å². The zero-order valence-corrected chi connectivity index (χ0v) is 9.69. The van der Waals surface area contributed by atoms with Crippen LogP contribution in [0.3, 0.4) is 0 Å². The maximum atomic E-state index is 12.0. The smallest absolute Gasteiger partial charge is 0.185 e. The van der Waals surface area contributed by atoms with Crippen molar-refractivity contribution in [2.45, 2.75) is 10.4 Å². The Hall–Kier alpha value is -0.730. The molecule has 90 valence electrons. The monoisotopic (exact) mass is 273 g/mol. The zero-order chi connectivity index (χ0) is 12.4. The van der Waals surface area contributed by atoms with Crippen LogP contribution in [-0.2, 0) is 24.9 Å². The Morgan fingerprint density at radius 3 is 2.12 bits per heavy atom. The maximum absolute atomic E-state index is 12.0. The van der Waals surface area contributed by atoms with Crippen LogP contribution in [0.1, 0.15) is 0 Å². The van der Waals surface area contributed by atoms with Crippen LogP contribution in [0.15, 0.2) is 35.2 Å². The third kappa shape index (κ3) is 3.13. The molecule has 8 heteroatoms. The number of halogens is 3. The van der Waals surface area contributed by atoms with E-state index >= 15 is 0 Å². The highest BCUT2D eigenvalue weighted by molar-refractivity contribution is 8.02. The van der Waals surface area contributed by atoms with E-state index in [-0.39, 0.29) is 0 Å². The van der Waals surface area contributed by atoms with Gasteiger partial charge in [-0.2, -0.15) is 21.6 Å². The molecule has 0 radical (unpaired) electrons. The Morgan fingerprint density at radius 2 is 1.69 bits per heavy atom. The molecule has 1 unspecified atom stereocenters. The predicted octanol–water partition coefficient (Wildman–Crippen LogP) is 2.07. The molecule has 0 spiro atoms. The van der Waals surface area contributed by atoms with E-state index in [4.69, 9.17) is 0 Å². The number of hydrogen-bond acceptors (Lipinski definition) is 3. The highest BCUT2D eigenvalue weighted by Gasteiger charge is 2.52. The third-order valence-corrected chi connectivity index (χ3v) is 4.59. The molecule has 1 aromatic carbocycles. The van der Waals surface area contributed by atoms with Gasteiger partial charge >= 0.3 is 15.6 Å². The summed E-state index contributed by atoms with van der Waals surface area (Å²) in [6.07, 6.45) is 1.26. The Balaban J connectivity index is 2.85. The lowest BCUT2D eigenvalue weighted by Gasteiger charge is -2.05. The van der Waals surface area contributed by atoms with Gasteiger partial charge in [0.2, 0.25) is 11.2 Å². The van der Waals surface area contributed by atoms with Gasteiger partial charge in [0, 0.05) is 0 Å². The molecule has 0 amide bonds. The molecule has 0 aliphatic carbocycles. The summed E-state index contributed by atoms with van der Waals surface area (Å²) in [5.41, 5.74) is -5.39. The Morgan fingerprint density at radius 1 is 1.19 bits per heavy atom. The van der Waals surface area contributed by atoms with Crippen molar-refractivity contribution < 1.29 is 25.2 Å². The summed E-state index contributed by atoms with van der Waals surface area (Å²) < 4.78 is 61.5. The van der Waals surface area contributed by atoms with E-state index in [0.29, 0.717) is 4.90 Å². The number of benzene rings is 1. The SMILES string of the molecule is C[S+](OS(=O)(=O)C(F)(F)F)c1ccccc1. The van der Waals surface area contributed by atoms with Gasteiger partial charge in [-0.3, -0.25) is 0 Å². The average molecular weight is 273 g/mol. The van der Waals surface area contributed by atoms with Crippen LogP contribution in [0.5, 0.6) is 0 Å². The molecule has 1 rings (SSSR count). The number of hydrogen-bond donors (Lipinski definition) is 0. The van der Waals surface area contributed by atoms with Crippen molar-refractivity contribution in [3.05, 3.63) is 30.3 Å². The van der Waals surface area contributed by atoms with Crippen molar-refractivity contribution in [1.82, 2.24) is 0 Å². The summed E-state index contributed by atoms with van der Waals surface area (Å²) in [5, 5.41) is 0. The highest BCUT2D eigenvalue weighted by Crippen LogP contribution is 2.28. The Labute approximate surface area is 93.9 Å². The van der Waals surface area contributed by atoms with E-state index in [2.05, 4.69) is 3.63 Å². The van der Waals surface area contributed by atoms with Crippen molar-refractivity contribution in [1.29, 1.82) is 0 Å². The molecule has 0 fully saturated rings. The lowest BCUT2D eigenvalue weighted by Crippen LogP contribution is -2.27. The first-order valence-electron chi connectivity index (χ1n) is 3.96. The zero-order valence-electron chi connectivity index (χ0n) is 8.06. The second-order valence-electron chi connectivity index (χ2n) is 2.74. The topological polar surface area (TPSA) is 43.4 Å². The van der Waals surface area contributed by atoms with Gasteiger partial charge in [0.1, 0.15) is 6.26 Å². The fourth-order valence-corrected chi connectivity index (χ4v) is 3.06. The quantitative estimate of drug-likeness (QED) is 0.625. The van der Waals surface area contributed by atoms with Gasteiger partial charge in [-0.05, 0) is 15.8 Å². The van der Waals surface area contributed by atoms with Gasteiger partial charge in [0.05, 0.1) is 0 Å². The van der Waals surface area contributed by atoms with E-state index in [9.17, 15) is 21.6 Å². The standard InChI is InChI=1S/C8H8F3O3S2/c1-15(7-5-3-2-4-6-7)14-16(12,13)8(9,10)11/h2-6H,1H3/q+1. The van der Waals surface area contributed by atoms with Gasteiger partial charge in [-0.1, -0.05) is 18.2 Å². The summed E-state index contributed by atoms with van der Waals surface area (Å²) in [6, 6.07) is 7.83. The van der Waals surface area contributed by atoms with Gasteiger partial charge in [-0.15, -0.1) is 0 Å². The molecule has 0 bridgehead atoms. The fraction of sp³-hybridized carbons (Fsp3) is 0.250. The minimum atomic E-state index is -5.53. The first-order valence-corrected chi connectivity index (χ1v) is 6.93. The van der Waals surface area contributed by atoms with E-state index in [1.165, 1.54) is 18.4 Å². The predicted molar refractivity (Wildman–Crippen MR) is 54.1 cm³/mol. The second-order valence-corrected chi connectivity index (χ2v) is 6.03. The first-order chi connectivity index (χ1) is 7.24. The van der Waals surface area contributed by atoms with Crippen LogP contribution in [0.2, 0.25) is 0 Å². The molecule has 3 nitrogen and oxygen atoms in total. The number of alkyl halides is 3. The molecule has 0 N–H and O–H groups in total. The number of rotatable bonds is 3. The van der Waals surface area contributed by atoms with Crippen molar-refractivity contribution in [2.75, 3.05) is 6.26 Å². The second kappa shape index (κ2) is 4.64. The van der Waals surface area contributed by atoms with E-state index in [1.54, 1.807) is 18.2 Å². The molecule has 1 atom stereocenters. The lowest BCUT2D eigenvalue weighted by atomic mass is 10.4. The van der Waals surface area contributed by atoms with Gasteiger partial charge in [-0.25, -0.2) is 0 Å². The normalized spacial score (nSPS) is 14.8. The van der Waals surface area contributed by atoms with Crippen LogP contribution in [0, 0.1) is 0 Å². The molecule has 16 heavy (non-hydrogen) atoms. The van der Waals surface area contributed by atoms with Gasteiger partial charge in [0.25, 0.3) is 0 Å². The Bertz CT molecular complexity index is 441. The molecular weight excluding hydrogens is 265 g/mol. The Kier molecular flexibility index (Phi) is 3.87. The summed E-state index contributed by atoms with van der Waals surface area (Å²) in [7, 11) is -5.53. The van der Waals surface area contributed by atoms with Crippen LogP contribution in [0.4, 0.5) is 13.2 Å². The molecule has 0 saturated carbocycles. The van der Waals surface area contributed by atoms with Crippen molar-refractivity contribution >= 4 is 21.3 Å². The molecule has 0 heterocycles. The molecular formula is C8H8F3O3S2+. The summed E-state index contributed by atoms with van der Waals surface area (Å²) in [4.78, 5) is 0.385. The summed E-state index contributed by atoms with van der Waals surface area (Å²) >= 11 is -1.46. The molecule has 0 aliphatic heterocycles. The largest absolute Gasteiger partial charge is 0.527 e. The van der Waals surface area contributed by atoms with Crippen LogP contribution in [0.25, 0.3) is 0 Å². The summed E-state index contributed by atoms with van der Waals surface area (Å²) in [5.74, 6) is 0. The van der Waals surface area contributed by atoms with Crippen LogP contribution < -0.4 is 0 Å².